The van der Waals surface area contributed by atoms with Crippen LogP contribution in [0, 0.1) is 0 Å². The van der Waals surface area contributed by atoms with E-state index in [0.29, 0.717) is 22.4 Å². The fourth-order valence-corrected chi connectivity index (χ4v) is 3.73. The summed E-state index contributed by atoms with van der Waals surface area (Å²) in [4.78, 5) is 24.7. The summed E-state index contributed by atoms with van der Waals surface area (Å²) in [5.41, 5.74) is 1.89. The summed E-state index contributed by atoms with van der Waals surface area (Å²) in [5.74, 6) is 1.70. The number of thioether (sulfide) groups is 1. The number of benzene rings is 2. The Morgan fingerprint density at radius 2 is 1.74 bits per heavy atom. The van der Waals surface area contributed by atoms with Crippen molar-refractivity contribution in [3.8, 4) is 11.5 Å². The van der Waals surface area contributed by atoms with Gasteiger partial charge in [-0.3, -0.25) is 9.59 Å². The van der Waals surface area contributed by atoms with Gasteiger partial charge in [0.25, 0.3) is 5.91 Å². The van der Waals surface area contributed by atoms with Crippen LogP contribution in [0.5, 0.6) is 11.5 Å². The van der Waals surface area contributed by atoms with E-state index in [9.17, 15) is 9.59 Å². The van der Waals surface area contributed by atoms with E-state index in [2.05, 4.69) is 27.8 Å². The van der Waals surface area contributed by atoms with E-state index in [0.717, 1.165) is 12.2 Å². The number of aromatic nitrogens is 3. The third-order valence-electron chi connectivity index (χ3n) is 5.07. The Morgan fingerprint density at radius 1 is 1.06 bits per heavy atom. The molecule has 0 radical (unpaired) electrons. The van der Waals surface area contributed by atoms with Crippen LogP contribution in [-0.2, 0) is 29.6 Å². The molecule has 3 aromatic rings. The van der Waals surface area contributed by atoms with Crippen molar-refractivity contribution in [1.82, 2.24) is 20.1 Å². The van der Waals surface area contributed by atoms with Crippen LogP contribution in [0.25, 0.3) is 0 Å². The minimum absolute atomic E-state index is 0.161. The second-order valence-electron chi connectivity index (χ2n) is 7.50. The van der Waals surface area contributed by atoms with E-state index >= 15 is 0 Å². The largest absolute Gasteiger partial charge is 0.497 e. The summed E-state index contributed by atoms with van der Waals surface area (Å²) in [6.07, 6.45) is 0.290. The van der Waals surface area contributed by atoms with Crippen LogP contribution < -0.4 is 20.1 Å². The van der Waals surface area contributed by atoms with Gasteiger partial charge in [0, 0.05) is 12.7 Å². The van der Waals surface area contributed by atoms with Gasteiger partial charge in [0.1, 0.15) is 11.5 Å². The fraction of sp³-hybridized carbons (Fsp3) is 0.333. The van der Waals surface area contributed by atoms with E-state index in [1.807, 2.05) is 24.3 Å². The van der Waals surface area contributed by atoms with Gasteiger partial charge in [-0.25, -0.2) is 0 Å². The summed E-state index contributed by atoms with van der Waals surface area (Å²) < 4.78 is 12.6. The third-order valence-corrected chi connectivity index (χ3v) is 6.09. The van der Waals surface area contributed by atoms with Crippen LogP contribution in [0.3, 0.4) is 0 Å². The van der Waals surface area contributed by atoms with Crippen molar-refractivity contribution in [2.24, 2.45) is 7.05 Å². The van der Waals surface area contributed by atoms with E-state index < -0.39 is 6.10 Å². The summed E-state index contributed by atoms with van der Waals surface area (Å²) in [7, 11) is 3.38. The Balaban J connectivity index is 1.45. The second kappa shape index (κ2) is 12.1. The molecule has 3 rings (SSSR count). The standard InChI is InChI=1S/C24H29N5O4S/c1-5-17-6-10-20(11-7-17)33-16(2)23(31)25-14-21-27-28-24(29(21)3)34-15-22(30)26-18-8-12-19(32-4)13-9-18/h6-13,16H,5,14-15H2,1-4H3,(H,25,31)(H,26,30)/t16-/m0/s1. The van der Waals surface area contributed by atoms with Crippen LogP contribution in [0.15, 0.2) is 53.7 Å². The Bertz CT molecular complexity index is 1100. The first-order valence-corrected chi connectivity index (χ1v) is 11.9. The van der Waals surface area contributed by atoms with Crippen molar-refractivity contribution in [3.05, 3.63) is 59.9 Å². The maximum Gasteiger partial charge on any atom is 0.261 e. The van der Waals surface area contributed by atoms with Gasteiger partial charge < -0.3 is 24.7 Å². The molecule has 0 bridgehead atoms. The number of nitrogens with zero attached hydrogens (tertiary/aromatic N) is 3. The van der Waals surface area contributed by atoms with Crippen LogP contribution in [0.2, 0.25) is 0 Å². The first kappa shape index (κ1) is 25.1. The molecule has 34 heavy (non-hydrogen) atoms. The smallest absolute Gasteiger partial charge is 0.261 e. The van der Waals surface area contributed by atoms with Gasteiger partial charge in [-0.15, -0.1) is 10.2 Å². The molecule has 0 fully saturated rings. The Labute approximate surface area is 203 Å². The Morgan fingerprint density at radius 3 is 2.38 bits per heavy atom. The number of carbonyl (C=O) groups excluding carboxylic acids is 2. The number of hydrogen-bond donors (Lipinski definition) is 2. The minimum atomic E-state index is -0.656. The number of carbonyl (C=O) groups is 2. The molecule has 0 aliphatic rings. The van der Waals surface area contributed by atoms with Crippen LogP contribution in [0.1, 0.15) is 25.2 Å². The van der Waals surface area contributed by atoms with E-state index in [-0.39, 0.29) is 24.1 Å². The normalized spacial score (nSPS) is 11.5. The average Bonchev–Trinajstić information content (AvgIpc) is 3.21. The van der Waals surface area contributed by atoms with Gasteiger partial charge in [0.15, 0.2) is 17.1 Å². The Kier molecular flexibility index (Phi) is 8.92. The lowest BCUT2D eigenvalue weighted by atomic mass is 10.2. The molecule has 0 aliphatic carbocycles. The SMILES string of the molecule is CCc1ccc(O[C@@H](C)C(=O)NCc2nnc(SCC(=O)Nc3ccc(OC)cc3)n2C)cc1. The molecule has 2 aromatic carbocycles. The molecule has 10 heteroatoms. The lowest BCUT2D eigenvalue weighted by molar-refractivity contribution is -0.127. The van der Waals surface area contributed by atoms with E-state index in [1.165, 1.54) is 17.3 Å². The number of hydrogen-bond acceptors (Lipinski definition) is 7. The van der Waals surface area contributed by atoms with Gasteiger partial charge >= 0.3 is 0 Å². The number of nitrogens with one attached hydrogen (secondary N) is 2. The van der Waals surface area contributed by atoms with Gasteiger partial charge in [0.05, 0.1) is 19.4 Å². The van der Waals surface area contributed by atoms with Gasteiger partial charge in [0.2, 0.25) is 5.91 Å². The summed E-state index contributed by atoms with van der Waals surface area (Å²) in [5, 5.41) is 14.5. The molecule has 1 heterocycles. The summed E-state index contributed by atoms with van der Waals surface area (Å²) >= 11 is 1.26. The molecule has 0 saturated carbocycles. The third kappa shape index (κ3) is 6.98. The van der Waals surface area contributed by atoms with Crippen molar-refractivity contribution >= 4 is 29.3 Å². The lowest BCUT2D eigenvalue weighted by Gasteiger charge is -2.15. The molecule has 1 aromatic heterocycles. The number of aryl methyl sites for hydroxylation is 1. The number of amides is 2. The fourth-order valence-electron chi connectivity index (χ4n) is 3.00. The monoisotopic (exact) mass is 483 g/mol. The topological polar surface area (TPSA) is 107 Å². The van der Waals surface area contributed by atoms with Crippen molar-refractivity contribution in [2.45, 2.75) is 38.1 Å². The highest BCUT2D eigenvalue weighted by molar-refractivity contribution is 7.99. The molecule has 9 nitrogen and oxygen atoms in total. The zero-order chi connectivity index (χ0) is 24.5. The highest BCUT2D eigenvalue weighted by Crippen LogP contribution is 2.18. The highest BCUT2D eigenvalue weighted by atomic mass is 32.2. The number of methoxy groups -OCH3 is 1. The van der Waals surface area contributed by atoms with E-state index in [4.69, 9.17) is 9.47 Å². The van der Waals surface area contributed by atoms with Crippen LogP contribution in [0.4, 0.5) is 5.69 Å². The molecule has 0 spiro atoms. The molecule has 0 unspecified atom stereocenters. The molecule has 0 aliphatic heterocycles. The maximum absolute atomic E-state index is 12.4. The maximum atomic E-state index is 12.4. The summed E-state index contributed by atoms with van der Waals surface area (Å²) in [6, 6.07) is 14.8. The van der Waals surface area contributed by atoms with Gasteiger partial charge in [-0.1, -0.05) is 30.8 Å². The zero-order valence-corrected chi connectivity index (χ0v) is 20.5. The molecule has 180 valence electrons. The molecular weight excluding hydrogens is 454 g/mol. The average molecular weight is 484 g/mol. The minimum Gasteiger partial charge on any atom is -0.497 e. The van der Waals surface area contributed by atoms with Crippen LogP contribution in [-0.4, -0.2) is 45.5 Å². The molecule has 2 N–H and O–H groups in total. The highest BCUT2D eigenvalue weighted by Gasteiger charge is 2.17. The second-order valence-corrected chi connectivity index (χ2v) is 8.44. The quantitative estimate of drug-likeness (QED) is 0.403. The predicted octanol–water partition coefficient (Wildman–Crippen LogP) is 3.20. The summed E-state index contributed by atoms with van der Waals surface area (Å²) in [6.45, 7) is 3.98. The first-order valence-electron chi connectivity index (χ1n) is 10.9. The number of ether oxygens (including phenoxy) is 2. The molecular formula is C24H29N5O4S. The number of rotatable bonds is 11. The van der Waals surface area contributed by atoms with Crippen molar-refractivity contribution in [1.29, 1.82) is 0 Å². The Hall–Kier alpha value is -3.53. The zero-order valence-electron chi connectivity index (χ0n) is 19.7. The van der Waals surface area contributed by atoms with Crippen molar-refractivity contribution in [3.63, 3.8) is 0 Å². The predicted molar refractivity (Wildman–Crippen MR) is 131 cm³/mol. The van der Waals surface area contributed by atoms with Crippen molar-refractivity contribution in [2.75, 3.05) is 18.2 Å². The van der Waals surface area contributed by atoms with Gasteiger partial charge in [-0.2, -0.15) is 0 Å². The van der Waals surface area contributed by atoms with Crippen molar-refractivity contribution < 1.29 is 19.1 Å². The van der Waals surface area contributed by atoms with Crippen LogP contribution >= 0.6 is 11.8 Å². The van der Waals surface area contributed by atoms with Gasteiger partial charge in [-0.05, 0) is 55.3 Å². The molecule has 2 amide bonds. The molecule has 0 saturated heterocycles. The number of anilines is 1. The van der Waals surface area contributed by atoms with E-state index in [1.54, 1.807) is 49.9 Å². The first-order chi connectivity index (χ1) is 16.4. The lowest BCUT2D eigenvalue weighted by Crippen LogP contribution is -2.36. The molecule has 1 atom stereocenters.